The minimum Gasteiger partial charge on any atom is -0.457 e. The Morgan fingerprint density at radius 1 is 1.29 bits per heavy atom. The number of esters is 1. The molecule has 0 aliphatic carbocycles. The largest absolute Gasteiger partial charge is 0.457 e. The zero-order valence-electron chi connectivity index (χ0n) is 12.9. The summed E-state index contributed by atoms with van der Waals surface area (Å²) < 4.78 is 10.5. The first-order valence-corrected chi connectivity index (χ1v) is 7.79. The van der Waals surface area contributed by atoms with Gasteiger partial charge in [0.15, 0.2) is 0 Å². The number of hydrogen-bond acceptors (Lipinski definition) is 5. The Morgan fingerprint density at radius 2 is 2.12 bits per heavy atom. The van der Waals surface area contributed by atoms with Crippen LogP contribution in [0.2, 0.25) is 5.15 Å². The van der Waals surface area contributed by atoms with E-state index in [4.69, 9.17) is 20.8 Å². The molecule has 3 aromatic rings. The molecule has 0 aliphatic rings. The van der Waals surface area contributed by atoms with Crippen molar-refractivity contribution in [3.05, 3.63) is 74.9 Å². The zero-order valence-corrected chi connectivity index (χ0v) is 13.7. The lowest BCUT2D eigenvalue weighted by atomic mass is 10.1. The molecular weight excluding hydrogens is 330 g/mol. The molecule has 0 amide bonds. The molecule has 0 N–H and O–H groups in total. The summed E-state index contributed by atoms with van der Waals surface area (Å²) in [6.07, 6.45) is 2.32. The third kappa shape index (κ3) is 3.31. The summed E-state index contributed by atoms with van der Waals surface area (Å²) in [5, 5.41) is 0.810. The van der Waals surface area contributed by atoms with E-state index in [1.807, 2.05) is 25.1 Å². The van der Waals surface area contributed by atoms with Gasteiger partial charge in [0, 0.05) is 23.2 Å². The minimum atomic E-state index is -0.598. The minimum absolute atomic E-state index is 0.0579. The van der Waals surface area contributed by atoms with Crippen LogP contribution in [-0.2, 0) is 17.8 Å². The van der Waals surface area contributed by atoms with Crippen LogP contribution < -0.4 is 5.63 Å². The lowest BCUT2D eigenvalue weighted by molar-refractivity contribution is 0.0473. The van der Waals surface area contributed by atoms with E-state index in [0.29, 0.717) is 11.1 Å². The van der Waals surface area contributed by atoms with Gasteiger partial charge in [-0.05, 0) is 30.2 Å². The van der Waals surface area contributed by atoms with Crippen molar-refractivity contribution in [1.29, 1.82) is 0 Å². The molecule has 0 saturated carbocycles. The first-order chi connectivity index (χ1) is 11.6. The molecule has 0 spiro atoms. The maximum Gasteiger partial charge on any atom is 0.341 e. The van der Waals surface area contributed by atoms with Gasteiger partial charge >= 0.3 is 11.6 Å². The first-order valence-electron chi connectivity index (χ1n) is 7.42. The Labute approximate surface area is 142 Å². The molecule has 6 heteroatoms. The molecule has 122 valence electrons. The van der Waals surface area contributed by atoms with E-state index in [2.05, 4.69) is 4.98 Å². The van der Waals surface area contributed by atoms with Gasteiger partial charge in [0.05, 0.1) is 5.56 Å². The Hall–Kier alpha value is -2.66. The van der Waals surface area contributed by atoms with Crippen molar-refractivity contribution in [2.24, 2.45) is 0 Å². The molecule has 0 aliphatic heterocycles. The summed E-state index contributed by atoms with van der Waals surface area (Å²) in [5.74, 6) is -0.598. The number of fused-ring (bicyclic) bond motifs is 1. The quantitative estimate of drug-likeness (QED) is 0.410. The highest BCUT2D eigenvalue weighted by atomic mass is 35.5. The Morgan fingerprint density at radius 3 is 2.88 bits per heavy atom. The van der Waals surface area contributed by atoms with E-state index < -0.39 is 11.6 Å². The molecule has 0 atom stereocenters. The van der Waals surface area contributed by atoms with Gasteiger partial charge in [-0.3, -0.25) is 0 Å². The number of carbonyl (C=O) groups is 1. The number of aryl methyl sites for hydroxylation is 1. The number of halogens is 1. The Kier molecular flexibility index (Phi) is 4.62. The molecule has 2 heterocycles. The van der Waals surface area contributed by atoms with Crippen LogP contribution >= 0.6 is 11.6 Å². The predicted molar refractivity (Wildman–Crippen MR) is 90.2 cm³/mol. The molecule has 0 bridgehead atoms. The molecule has 24 heavy (non-hydrogen) atoms. The Bertz CT molecular complexity index is 965. The number of ether oxygens (including phenoxy) is 1. The monoisotopic (exact) mass is 343 g/mol. The maximum absolute atomic E-state index is 12.1. The fourth-order valence-electron chi connectivity index (χ4n) is 2.37. The third-order valence-corrected chi connectivity index (χ3v) is 3.94. The number of hydrogen-bond donors (Lipinski definition) is 0. The second kappa shape index (κ2) is 6.84. The highest BCUT2D eigenvalue weighted by Crippen LogP contribution is 2.21. The second-order valence-electron chi connectivity index (χ2n) is 5.19. The van der Waals surface area contributed by atoms with Crippen LogP contribution in [0.25, 0.3) is 11.0 Å². The molecule has 5 nitrogen and oxygen atoms in total. The number of pyridine rings is 1. The molecule has 0 saturated heterocycles. The van der Waals surface area contributed by atoms with E-state index in [0.717, 1.165) is 17.4 Å². The van der Waals surface area contributed by atoms with Crippen LogP contribution in [0.15, 0.2) is 51.8 Å². The summed E-state index contributed by atoms with van der Waals surface area (Å²) in [4.78, 5) is 27.7. The average Bonchev–Trinajstić information content (AvgIpc) is 2.59. The van der Waals surface area contributed by atoms with Crippen molar-refractivity contribution in [3.8, 4) is 0 Å². The van der Waals surface area contributed by atoms with Crippen molar-refractivity contribution in [3.63, 3.8) is 0 Å². The summed E-state index contributed by atoms with van der Waals surface area (Å²) >= 11 is 5.88. The predicted octanol–water partition coefficient (Wildman–Crippen LogP) is 3.76. The van der Waals surface area contributed by atoms with Crippen LogP contribution in [0, 0.1) is 0 Å². The summed E-state index contributed by atoms with van der Waals surface area (Å²) in [6, 6.07) is 10.1. The van der Waals surface area contributed by atoms with Gasteiger partial charge in [-0.1, -0.05) is 30.7 Å². The fraction of sp³-hybridized carbons (Fsp3) is 0.167. The summed E-state index contributed by atoms with van der Waals surface area (Å²) in [6.45, 7) is 1.96. The number of aromatic nitrogens is 1. The number of rotatable bonds is 4. The van der Waals surface area contributed by atoms with E-state index in [9.17, 15) is 9.59 Å². The van der Waals surface area contributed by atoms with Crippen molar-refractivity contribution in [2.45, 2.75) is 20.0 Å². The SMILES string of the molecule is CCc1ccc2c(COC(=O)c3cccnc3Cl)cc(=O)oc2c1. The molecule has 0 fully saturated rings. The molecular formula is C18H14ClNO4. The number of carbonyl (C=O) groups excluding carboxylic acids is 1. The molecule has 0 radical (unpaired) electrons. The molecule has 1 aromatic carbocycles. The van der Waals surface area contributed by atoms with Gasteiger partial charge in [-0.15, -0.1) is 0 Å². The van der Waals surface area contributed by atoms with Gasteiger partial charge in [0.1, 0.15) is 17.3 Å². The normalized spacial score (nSPS) is 10.8. The number of benzene rings is 1. The topological polar surface area (TPSA) is 69.4 Å². The molecule has 2 aromatic heterocycles. The van der Waals surface area contributed by atoms with Crippen molar-refractivity contribution in [2.75, 3.05) is 0 Å². The molecule has 0 unspecified atom stereocenters. The van der Waals surface area contributed by atoms with Gasteiger partial charge in [-0.2, -0.15) is 0 Å². The Balaban J connectivity index is 1.89. The lowest BCUT2D eigenvalue weighted by Crippen LogP contribution is -2.09. The van der Waals surface area contributed by atoms with Crippen molar-refractivity contribution >= 4 is 28.5 Å². The van der Waals surface area contributed by atoms with Crippen LogP contribution in [-0.4, -0.2) is 11.0 Å². The highest BCUT2D eigenvalue weighted by molar-refractivity contribution is 6.32. The van der Waals surface area contributed by atoms with Crippen molar-refractivity contribution < 1.29 is 13.9 Å². The third-order valence-electron chi connectivity index (χ3n) is 3.64. The maximum atomic E-state index is 12.1. The smallest absolute Gasteiger partial charge is 0.341 e. The zero-order chi connectivity index (χ0) is 17.1. The van der Waals surface area contributed by atoms with Crippen LogP contribution in [0.3, 0.4) is 0 Å². The van der Waals surface area contributed by atoms with E-state index in [1.165, 1.54) is 18.3 Å². The lowest BCUT2D eigenvalue weighted by Gasteiger charge is -2.08. The van der Waals surface area contributed by atoms with Crippen molar-refractivity contribution in [1.82, 2.24) is 4.98 Å². The van der Waals surface area contributed by atoms with Crippen LogP contribution in [0.4, 0.5) is 0 Å². The number of nitrogens with zero attached hydrogens (tertiary/aromatic N) is 1. The summed E-state index contributed by atoms with van der Waals surface area (Å²) in [5.41, 5.74) is 1.81. The van der Waals surface area contributed by atoms with Gasteiger partial charge in [0.25, 0.3) is 0 Å². The van der Waals surface area contributed by atoms with Gasteiger partial charge < -0.3 is 9.15 Å². The van der Waals surface area contributed by atoms with Gasteiger partial charge in [-0.25, -0.2) is 14.6 Å². The second-order valence-corrected chi connectivity index (χ2v) is 5.55. The first kappa shape index (κ1) is 16.2. The standard InChI is InChI=1S/C18H14ClNO4/c1-2-11-5-6-13-12(9-16(21)24-15(13)8-11)10-23-18(22)14-4-3-7-20-17(14)19/h3-9H,2,10H2,1H3. The van der Waals surface area contributed by atoms with E-state index in [-0.39, 0.29) is 17.3 Å². The summed E-state index contributed by atoms with van der Waals surface area (Å²) in [7, 11) is 0. The van der Waals surface area contributed by atoms with Crippen LogP contribution in [0.1, 0.15) is 28.4 Å². The van der Waals surface area contributed by atoms with E-state index in [1.54, 1.807) is 6.07 Å². The average molecular weight is 344 g/mol. The highest BCUT2D eigenvalue weighted by Gasteiger charge is 2.14. The van der Waals surface area contributed by atoms with Gasteiger partial charge in [0.2, 0.25) is 0 Å². The molecule has 3 rings (SSSR count). The van der Waals surface area contributed by atoms with E-state index >= 15 is 0 Å². The van der Waals surface area contributed by atoms with Crippen LogP contribution in [0.5, 0.6) is 0 Å². The fourth-order valence-corrected chi connectivity index (χ4v) is 2.57.